The number of rotatable bonds is 4. The minimum atomic E-state index is -0.597. The summed E-state index contributed by atoms with van der Waals surface area (Å²) in [7, 11) is 0. The van der Waals surface area contributed by atoms with Crippen molar-refractivity contribution < 1.29 is 13.7 Å². The van der Waals surface area contributed by atoms with Crippen LogP contribution in [0.4, 0.5) is 10.1 Å². The number of halogens is 1. The quantitative estimate of drug-likeness (QED) is 0.661. The molecule has 1 heterocycles. The minimum Gasteiger partial charge on any atom is -0.440 e. The normalized spacial score (nSPS) is 10.6. The molecule has 0 aliphatic rings. The molecule has 0 aliphatic heterocycles. The van der Waals surface area contributed by atoms with Crippen molar-refractivity contribution in [2.45, 2.75) is 6.42 Å². The van der Waals surface area contributed by atoms with E-state index in [1.54, 1.807) is 0 Å². The van der Waals surface area contributed by atoms with Crippen LogP contribution in [0.2, 0.25) is 0 Å². The van der Waals surface area contributed by atoms with Crippen molar-refractivity contribution in [3.8, 4) is 11.3 Å². The van der Waals surface area contributed by atoms with E-state index in [1.165, 1.54) is 6.20 Å². The highest BCUT2D eigenvalue weighted by molar-refractivity contribution is 5.68. The predicted molar refractivity (Wildman–Crippen MR) is 61.3 cm³/mol. The maximum atomic E-state index is 13.1. The van der Waals surface area contributed by atoms with Gasteiger partial charge in [0.2, 0.25) is 0 Å². The summed E-state index contributed by atoms with van der Waals surface area (Å²) in [5.74, 6) is -0.0527. The predicted octanol–water partition coefficient (Wildman–Crippen LogP) is 1.89. The second kappa shape index (κ2) is 4.92. The molecule has 2 aromatic rings. The molecule has 0 amide bonds. The Morgan fingerprint density at radius 2 is 2.28 bits per heavy atom. The Kier molecular flexibility index (Phi) is 3.33. The van der Waals surface area contributed by atoms with Gasteiger partial charge in [0, 0.05) is 19.0 Å². The van der Waals surface area contributed by atoms with Gasteiger partial charge in [0.25, 0.3) is 5.69 Å². The van der Waals surface area contributed by atoms with Gasteiger partial charge in [0.15, 0.2) is 11.7 Å². The third-order valence-electron chi connectivity index (χ3n) is 2.33. The van der Waals surface area contributed by atoms with Crippen LogP contribution in [0.15, 0.2) is 28.8 Å². The molecule has 18 heavy (non-hydrogen) atoms. The highest BCUT2D eigenvalue weighted by Crippen LogP contribution is 2.30. The van der Waals surface area contributed by atoms with Crippen molar-refractivity contribution in [2.24, 2.45) is 5.73 Å². The van der Waals surface area contributed by atoms with Gasteiger partial charge in [0.05, 0.1) is 16.7 Å². The third kappa shape index (κ3) is 2.35. The highest BCUT2D eigenvalue weighted by Gasteiger charge is 2.19. The lowest BCUT2D eigenvalue weighted by Gasteiger charge is -1.99. The van der Waals surface area contributed by atoms with Crippen molar-refractivity contribution in [1.82, 2.24) is 4.98 Å². The molecule has 1 aromatic carbocycles. The van der Waals surface area contributed by atoms with E-state index >= 15 is 0 Å². The Labute approximate surface area is 101 Å². The largest absolute Gasteiger partial charge is 0.440 e. The molecule has 0 spiro atoms. The summed E-state index contributed by atoms with van der Waals surface area (Å²) < 4.78 is 18.4. The summed E-state index contributed by atoms with van der Waals surface area (Å²) in [5, 5.41) is 10.8. The van der Waals surface area contributed by atoms with Crippen molar-refractivity contribution in [3.05, 3.63) is 46.2 Å². The van der Waals surface area contributed by atoms with Crippen molar-refractivity contribution in [2.75, 3.05) is 6.54 Å². The molecular formula is C11H10FN3O3. The van der Waals surface area contributed by atoms with Gasteiger partial charge in [-0.1, -0.05) is 0 Å². The monoisotopic (exact) mass is 251 g/mol. The standard InChI is InChI=1S/C11H10FN3O3/c12-7-1-2-9(15(16)17)8(5-7)10-6-14-11(18-10)3-4-13/h1-2,5-6H,3-4,13H2. The number of nitro groups is 1. The molecule has 0 atom stereocenters. The zero-order valence-electron chi connectivity index (χ0n) is 9.30. The van der Waals surface area contributed by atoms with Gasteiger partial charge in [-0.3, -0.25) is 10.1 Å². The first-order valence-corrected chi connectivity index (χ1v) is 5.21. The van der Waals surface area contributed by atoms with Crippen LogP contribution in [0, 0.1) is 15.9 Å². The number of nitro benzene ring substituents is 1. The number of oxazole rings is 1. The van der Waals surface area contributed by atoms with E-state index in [1.807, 2.05) is 0 Å². The first-order valence-electron chi connectivity index (χ1n) is 5.21. The smallest absolute Gasteiger partial charge is 0.280 e. The Morgan fingerprint density at radius 1 is 1.50 bits per heavy atom. The van der Waals surface area contributed by atoms with Crippen LogP contribution in [0.1, 0.15) is 5.89 Å². The van der Waals surface area contributed by atoms with E-state index in [2.05, 4.69) is 4.98 Å². The Balaban J connectivity index is 2.47. The minimum absolute atomic E-state index is 0.0655. The van der Waals surface area contributed by atoms with Crippen LogP contribution < -0.4 is 5.73 Å². The van der Waals surface area contributed by atoms with E-state index in [0.717, 1.165) is 18.2 Å². The molecule has 0 radical (unpaired) electrons. The van der Waals surface area contributed by atoms with Crippen molar-refractivity contribution >= 4 is 5.69 Å². The second-order valence-electron chi connectivity index (χ2n) is 3.58. The van der Waals surface area contributed by atoms with Gasteiger partial charge in [-0.15, -0.1) is 0 Å². The van der Waals surface area contributed by atoms with Crippen LogP contribution in [0.25, 0.3) is 11.3 Å². The van der Waals surface area contributed by atoms with Gasteiger partial charge in [-0.25, -0.2) is 9.37 Å². The summed E-state index contributed by atoms with van der Waals surface area (Å²) >= 11 is 0. The fourth-order valence-corrected chi connectivity index (χ4v) is 1.54. The molecule has 2 N–H and O–H groups in total. The van der Waals surface area contributed by atoms with E-state index in [9.17, 15) is 14.5 Å². The average molecular weight is 251 g/mol. The molecule has 1 aromatic heterocycles. The maximum Gasteiger partial charge on any atom is 0.280 e. The highest BCUT2D eigenvalue weighted by atomic mass is 19.1. The summed E-state index contributed by atoms with van der Waals surface area (Å²) in [5.41, 5.74) is 5.18. The molecule has 0 saturated carbocycles. The summed E-state index contributed by atoms with van der Waals surface area (Å²) in [6, 6.07) is 3.17. The van der Waals surface area contributed by atoms with E-state index in [0.29, 0.717) is 18.9 Å². The molecule has 0 fully saturated rings. The molecule has 0 aliphatic carbocycles. The molecular weight excluding hydrogens is 241 g/mol. The summed E-state index contributed by atoms with van der Waals surface area (Å²) in [6.07, 6.45) is 1.75. The van der Waals surface area contributed by atoms with Gasteiger partial charge >= 0.3 is 0 Å². The lowest BCUT2D eigenvalue weighted by molar-refractivity contribution is -0.384. The Bertz CT molecular complexity index is 583. The van der Waals surface area contributed by atoms with E-state index in [-0.39, 0.29) is 17.0 Å². The lowest BCUT2D eigenvalue weighted by Crippen LogP contribution is -2.02. The van der Waals surface area contributed by atoms with Crippen LogP contribution >= 0.6 is 0 Å². The van der Waals surface area contributed by atoms with Gasteiger partial charge in [-0.2, -0.15) is 0 Å². The van der Waals surface area contributed by atoms with Crippen LogP contribution in [-0.4, -0.2) is 16.5 Å². The average Bonchev–Trinajstić information content (AvgIpc) is 2.77. The van der Waals surface area contributed by atoms with Crippen LogP contribution in [-0.2, 0) is 6.42 Å². The number of aromatic nitrogens is 1. The fourth-order valence-electron chi connectivity index (χ4n) is 1.54. The molecule has 2 rings (SSSR count). The van der Waals surface area contributed by atoms with Gasteiger partial charge in [-0.05, 0) is 12.1 Å². The summed E-state index contributed by atoms with van der Waals surface area (Å²) in [4.78, 5) is 14.2. The van der Waals surface area contributed by atoms with Crippen molar-refractivity contribution in [3.63, 3.8) is 0 Å². The van der Waals surface area contributed by atoms with Crippen LogP contribution in [0.5, 0.6) is 0 Å². The number of benzene rings is 1. The van der Waals surface area contributed by atoms with E-state index < -0.39 is 10.7 Å². The molecule has 94 valence electrons. The van der Waals surface area contributed by atoms with Gasteiger partial charge in [0.1, 0.15) is 5.82 Å². The van der Waals surface area contributed by atoms with E-state index in [4.69, 9.17) is 10.2 Å². The lowest BCUT2D eigenvalue weighted by atomic mass is 10.1. The van der Waals surface area contributed by atoms with Crippen LogP contribution in [0.3, 0.4) is 0 Å². The molecule has 0 saturated heterocycles. The topological polar surface area (TPSA) is 95.2 Å². The SMILES string of the molecule is NCCc1ncc(-c2cc(F)ccc2[N+](=O)[O-])o1. The number of hydrogen-bond acceptors (Lipinski definition) is 5. The number of nitrogens with two attached hydrogens (primary N) is 1. The Morgan fingerprint density at radius 3 is 2.94 bits per heavy atom. The third-order valence-corrected chi connectivity index (χ3v) is 2.33. The molecule has 0 bridgehead atoms. The maximum absolute atomic E-state index is 13.1. The Hall–Kier alpha value is -2.28. The first kappa shape index (κ1) is 12.2. The zero-order valence-corrected chi connectivity index (χ0v) is 9.30. The first-order chi connectivity index (χ1) is 8.61. The zero-order chi connectivity index (χ0) is 13.1. The summed E-state index contributed by atoms with van der Waals surface area (Å²) in [6.45, 7) is 0.352. The molecule has 6 nitrogen and oxygen atoms in total. The molecule has 7 heteroatoms. The fraction of sp³-hybridized carbons (Fsp3) is 0.182. The molecule has 0 unspecified atom stereocenters. The number of hydrogen-bond donors (Lipinski definition) is 1. The van der Waals surface area contributed by atoms with Crippen molar-refractivity contribution in [1.29, 1.82) is 0 Å². The van der Waals surface area contributed by atoms with Gasteiger partial charge < -0.3 is 10.2 Å². The number of nitrogens with zero attached hydrogens (tertiary/aromatic N) is 2. The second-order valence-corrected chi connectivity index (χ2v) is 3.58.